The lowest BCUT2D eigenvalue weighted by Crippen LogP contribution is -2.21. The molecule has 0 saturated carbocycles. The first-order valence-corrected chi connectivity index (χ1v) is 12.1. The maximum Gasteiger partial charge on any atom is 0.269 e. The molecule has 37 heavy (non-hydrogen) atoms. The lowest BCUT2D eigenvalue weighted by molar-refractivity contribution is 0.888. The summed E-state index contributed by atoms with van der Waals surface area (Å²) < 4.78 is 3.28. The lowest BCUT2D eigenvalue weighted by atomic mass is 10.1. The third-order valence-corrected chi connectivity index (χ3v) is 6.40. The highest BCUT2D eigenvalue weighted by Gasteiger charge is 2.18. The number of aryl methyl sites for hydroxylation is 2. The minimum Gasteiger partial charge on any atom is -0.268 e. The summed E-state index contributed by atoms with van der Waals surface area (Å²) in [6.07, 6.45) is 3.48. The fourth-order valence-corrected chi connectivity index (χ4v) is 4.42. The van der Waals surface area contributed by atoms with E-state index in [4.69, 9.17) is 16.6 Å². The average molecular weight is 505 g/mol. The van der Waals surface area contributed by atoms with Gasteiger partial charge in [0.25, 0.3) is 5.56 Å². The normalized spacial score (nSPS) is 11.2. The van der Waals surface area contributed by atoms with Crippen LogP contribution in [0.25, 0.3) is 45.1 Å². The molecule has 0 aliphatic rings. The van der Waals surface area contributed by atoms with Crippen molar-refractivity contribution >= 4 is 22.6 Å². The van der Waals surface area contributed by atoms with E-state index in [1.807, 2.05) is 80.6 Å². The number of para-hydroxylation sites is 1. The minimum atomic E-state index is -0.214. The number of hydrogen-bond donors (Lipinski definition) is 0. The predicted octanol–water partition coefficient (Wildman–Crippen LogP) is 5.97. The zero-order chi connectivity index (χ0) is 25.5. The van der Waals surface area contributed by atoms with Crippen LogP contribution >= 0.6 is 11.6 Å². The molecule has 0 bridgehead atoms. The van der Waals surface area contributed by atoms with Crippen molar-refractivity contribution in [2.75, 3.05) is 0 Å². The average Bonchev–Trinajstić information content (AvgIpc) is 3.36. The topological polar surface area (TPSA) is 78.5 Å². The van der Waals surface area contributed by atoms with Crippen molar-refractivity contribution in [2.24, 2.45) is 0 Å². The highest BCUT2D eigenvalue weighted by molar-refractivity contribution is 6.30. The van der Waals surface area contributed by atoms with Gasteiger partial charge in [0.1, 0.15) is 11.2 Å². The van der Waals surface area contributed by atoms with E-state index in [1.54, 1.807) is 33.8 Å². The van der Waals surface area contributed by atoms with Crippen LogP contribution in [0.5, 0.6) is 0 Å². The van der Waals surface area contributed by atoms with Gasteiger partial charge >= 0.3 is 0 Å². The molecule has 0 radical (unpaired) electrons. The Morgan fingerprint density at radius 2 is 1.49 bits per heavy atom. The van der Waals surface area contributed by atoms with Gasteiger partial charge in [0.2, 0.25) is 0 Å². The summed E-state index contributed by atoms with van der Waals surface area (Å²) in [7, 11) is 0. The Morgan fingerprint density at radius 1 is 0.784 bits per heavy atom. The van der Waals surface area contributed by atoms with Gasteiger partial charge in [-0.05, 0) is 50.2 Å². The summed E-state index contributed by atoms with van der Waals surface area (Å²) >= 11 is 6.13. The van der Waals surface area contributed by atoms with Crippen LogP contribution < -0.4 is 5.56 Å². The third kappa shape index (κ3) is 4.19. The molecule has 0 fully saturated rings. The van der Waals surface area contributed by atoms with Gasteiger partial charge in [-0.15, -0.1) is 5.10 Å². The van der Waals surface area contributed by atoms with Crippen LogP contribution in [0.4, 0.5) is 0 Å². The van der Waals surface area contributed by atoms with Crippen molar-refractivity contribution in [1.29, 1.82) is 0 Å². The first-order chi connectivity index (χ1) is 18.0. The first kappa shape index (κ1) is 22.8. The molecule has 180 valence electrons. The molecule has 6 aromatic rings. The van der Waals surface area contributed by atoms with Gasteiger partial charge in [-0.25, -0.2) is 14.6 Å². The smallest absolute Gasteiger partial charge is 0.268 e. The van der Waals surface area contributed by atoms with Gasteiger partial charge in [-0.1, -0.05) is 54.1 Å². The van der Waals surface area contributed by atoms with E-state index in [-0.39, 0.29) is 5.56 Å². The van der Waals surface area contributed by atoms with Crippen molar-refractivity contribution < 1.29 is 0 Å². The zero-order valence-electron chi connectivity index (χ0n) is 20.1. The zero-order valence-corrected chi connectivity index (χ0v) is 20.9. The van der Waals surface area contributed by atoms with Crippen LogP contribution in [0, 0.1) is 13.8 Å². The minimum absolute atomic E-state index is 0.214. The highest BCUT2D eigenvalue weighted by Crippen LogP contribution is 2.27. The molecule has 6 rings (SSSR count). The summed E-state index contributed by atoms with van der Waals surface area (Å²) in [4.78, 5) is 27.8. The molecule has 3 aromatic heterocycles. The van der Waals surface area contributed by atoms with E-state index in [0.717, 1.165) is 33.9 Å². The van der Waals surface area contributed by atoms with Crippen molar-refractivity contribution in [1.82, 2.24) is 29.3 Å². The van der Waals surface area contributed by atoms with Gasteiger partial charge in [0.05, 0.1) is 28.5 Å². The van der Waals surface area contributed by atoms with Crippen LogP contribution in [0.1, 0.15) is 11.4 Å². The molecule has 0 atom stereocenters. The highest BCUT2D eigenvalue weighted by atomic mass is 35.5. The van der Waals surface area contributed by atoms with E-state index in [2.05, 4.69) is 15.1 Å². The number of nitrogens with zero attached hydrogens (tertiary/aromatic N) is 6. The third-order valence-electron chi connectivity index (χ3n) is 6.15. The van der Waals surface area contributed by atoms with E-state index in [1.165, 1.54) is 0 Å². The van der Waals surface area contributed by atoms with E-state index in [9.17, 15) is 4.79 Å². The van der Waals surface area contributed by atoms with Crippen molar-refractivity contribution in [3.63, 3.8) is 0 Å². The van der Waals surface area contributed by atoms with E-state index >= 15 is 0 Å². The quantitative estimate of drug-likeness (QED) is 0.296. The number of halogens is 1. The van der Waals surface area contributed by atoms with Crippen LogP contribution in [-0.2, 0) is 0 Å². The Kier molecular flexibility index (Phi) is 5.62. The molecular weight excluding hydrogens is 484 g/mol. The van der Waals surface area contributed by atoms with Gasteiger partial charge in [0.15, 0.2) is 5.65 Å². The Labute approximate surface area is 217 Å². The molecule has 0 unspecified atom stereocenters. The molecule has 0 saturated heterocycles. The molecule has 7 nitrogen and oxygen atoms in total. The van der Waals surface area contributed by atoms with E-state index in [0.29, 0.717) is 27.6 Å². The van der Waals surface area contributed by atoms with Crippen molar-refractivity contribution in [2.45, 2.75) is 13.8 Å². The monoisotopic (exact) mass is 504 g/mol. The molecule has 3 aromatic carbocycles. The van der Waals surface area contributed by atoms with Gasteiger partial charge in [-0.3, -0.25) is 14.3 Å². The standard InChI is InChI=1S/C29H21ClN6O/c1-18-16-31-19(2)26(32-18)20-8-10-21(11-9-20)28-33-27-25(17-35(34-27)23-6-4-3-5-7-23)29(37)36(28)24-14-12-22(30)13-15-24/h3-17H,1-2H3. The Morgan fingerprint density at radius 3 is 2.22 bits per heavy atom. The Bertz CT molecular complexity index is 1810. The Hall–Kier alpha value is -4.62. The summed E-state index contributed by atoms with van der Waals surface area (Å²) in [5, 5.41) is 5.63. The first-order valence-electron chi connectivity index (χ1n) is 11.7. The lowest BCUT2D eigenvalue weighted by Gasteiger charge is -2.13. The molecule has 0 N–H and O–H groups in total. The predicted molar refractivity (Wildman–Crippen MR) is 145 cm³/mol. The van der Waals surface area contributed by atoms with Crippen molar-refractivity contribution in [3.8, 4) is 34.0 Å². The molecule has 0 spiro atoms. The van der Waals surface area contributed by atoms with Crippen molar-refractivity contribution in [3.05, 3.63) is 118 Å². The van der Waals surface area contributed by atoms with Crippen LogP contribution in [0.15, 0.2) is 96.1 Å². The van der Waals surface area contributed by atoms with Crippen LogP contribution in [0.2, 0.25) is 5.02 Å². The summed E-state index contributed by atoms with van der Waals surface area (Å²) in [6.45, 7) is 3.86. The van der Waals surface area contributed by atoms with Crippen LogP contribution in [-0.4, -0.2) is 29.3 Å². The van der Waals surface area contributed by atoms with Crippen LogP contribution in [0.3, 0.4) is 0 Å². The fourth-order valence-electron chi connectivity index (χ4n) is 4.29. The second-order valence-electron chi connectivity index (χ2n) is 8.72. The molecule has 0 aliphatic heterocycles. The maximum atomic E-state index is 13.8. The molecule has 8 heteroatoms. The van der Waals surface area contributed by atoms with Gasteiger partial charge < -0.3 is 0 Å². The summed E-state index contributed by atoms with van der Waals surface area (Å²) in [6, 6.07) is 24.6. The molecule has 0 amide bonds. The largest absolute Gasteiger partial charge is 0.269 e. The summed E-state index contributed by atoms with van der Waals surface area (Å²) in [5.74, 6) is 0.483. The van der Waals surface area contributed by atoms with E-state index < -0.39 is 0 Å². The molecule has 3 heterocycles. The van der Waals surface area contributed by atoms with Gasteiger partial charge in [-0.2, -0.15) is 0 Å². The second kappa shape index (κ2) is 9.11. The molecular formula is C29H21ClN6O. The maximum absolute atomic E-state index is 13.8. The number of fused-ring (bicyclic) bond motifs is 1. The number of hydrogen-bond acceptors (Lipinski definition) is 5. The molecule has 0 aliphatic carbocycles. The van der Waals surface area contributed by atoms with Gasteiger partial charge in [0, 0.05) is 28.5 Å². The Balaban J connectivity index is 1.55. The SMILES string of the molecule is Cc1cnc(C)c(-c2ccc(-c3nc4nn(-c5ccccc5)cc4c(=O)n3-c3ccc(Cl)cc3)cc2)n1. The summed E-state index contributed by atoms with van der Waals surface area (Å²) in [5.41, 5.74) is 5.90. The fraction of sp³-hybridized carbons (Fsp3) is 0.0690. The second-order valence-corrected chi connectivity index (χ2v) is 9.16. The number of rotatable bonds is 4. The number of aromatic nitrogens is 6. The number of benzene rings is 3.